The second kappa shape index (κ2) is 6.54. The largest absolute Gasteiger partial charge is 0.363 e. The summed E-state index contributed by atoms with van der Waals surface area (Å²) >= 11 is 1.77. The standard InChI is InChI=1S/C16H24N4S/c1-11(16-12(2)21-13(3)18-16)20(6)10-14-7-8-15(17-9-14)19(4)5/h7-9,11H,10H2,1-6H3/t11-/m0/s1. The van der Waals surface area contributed by atoms with E-state index in [9.17, 15) is 0 Å². The van der Waals surface area contributed by atoms with Crippen LogP contribution in [0.5, 0.6) is 0 Å². The molecule has 0 aliphatic carbocycles. The van der Waals surface area contributed by atoms with Crippen molar-refractivity contribution in [3.63, 3.8) is 0 Å². The second-order valence-corrected chi connectivity index (χ2v) is 7.09. The summed E-state index contributed by atoms with van der Waals surface area (Å²) in [5.41, 5.74) is 2.41. The minimum absolute atomic E-state index is 0.309. The fourth-order valence-electron chi connectivity index (χ4n) is 2.34. The monoisotopic (exact) mass is 304 g/mol. The van der Waals surface area contributed by atoms with E-state index in [0.29, 0.717) is 6.04 Å². The van der Waals surface area contributed by atoms with Gasteiger partial charge >= 0.3 is 0 Å². The van der Waals surface area contributed by atoms with Crippen LogP contribution in [0, 0.1) is 13.8 Å². The number of aryl methyl sites for hydroxylation is 2. The molecule has 0 fully saturated rings. The second-order valence-electron chi connectivity index (χ2n) is 5.68. The first-order valence-corrected chi connectivity index (χ1v) is 7.96. The van der Waals surface area contributed by atoms with E-state index in [2.05, 4.69) is 54.8 Å². The Morgan fingerprint density at radius 3 is 2.38 bits per heavy atom. The van der Waals surface area contributed by atoms with E-state index >= 15 is 0 Å². The summed E-state index contributed by atoms with van der Waals surface area (Å²) in [6.07, 6.45) is 1.96. The van der Waals surface area contributed by atoms with Gasteiger partial charge in [0.25, 0.3) is 0 Å². The smallest absolute Gasteiger partial charge is 0.127 e. The van der Waals surface area contributed by atoms with E-state index in [4.69, 9.17) is 0 Å². The third-order valence-electron chi connectivity index (χ3n) is 3.70. The Hall–Kier alpha value is -1.46. The van der Waals surface area contributed by atoms with Gasteiger partial charge in [0.1, 0.15) is 5.82 Å². The van der Waals surface area contributed by atoms with Gasteiger partial charge in [-0.2, -0.15) is 0 Å². The quantitative estimate of drug-likeness (QED) is 0.847. The van der Waals surface area contributed by atoms with Crippen LogP contribution in [-0.2, 0) is 6.54 Å². The van der Waals surface area contributed by atoms with Gasteiger partial charge in [-0.1, -0.05) is 6.07 Å². The van der Waals surface area contributed by atoms with E-state index in [0.717, 1.165) is 17.4 Å². The molecule has 0 saturated heterocycles. The summed E-state index contributed by atoms with van der Waals surface area (Å²) in [6, 6.07) is 4.51. The normalized spacial score (nSPS) is 12.7. The fourth-order valence-corrected chi connectivity index (χ4v) is 3.25. The Bertz CT molecular complexity index is 589. The van der Waals surface area contributed by atoms with Gasteiger partial charge in [-0.05, 0) is 39.4 Å². The number of hydrogen-bond acceptors (Lipinski definition) is 5. The minimum Gasteiger partial charge on any atom is -0.363 e. The highest BCUT2D eigenvalue weighted by Gasteiger charge is 2.17. The van der Waals surface area contributed by atoms with Crippen LogP contribution in [0.1, 0.15) is 34.1 Å². The van der Waals surface area contributed by atoms with Crippen molar-refractivity contribution in [3.8, 4) is 0 Å². The third-order valence-corrected chi connectivity index (χ3v) is 4.60. The molecule has 4 nitrogen and oxygen atoms in total. The van der Waals surface area contributed by atoms with Crippen molar-refractivity contribution in [2.45, 2.75) is 33.4 Å². The van der Waals surface area contributed by atoms with Crippen molar-refractivity contribution < 1.29 is 0 Å². The molecule has 5 heteroatoms. The highest BCUT2D eigenvalue weighted by molar-refractivity contribution is 7.11. The molecule has 0 amide bonds. The molecule has 0 radical (unpaired) electrons. The zero-order valence-electron chi connectivity index (χ0n) is 13.7. The lowest BCUT2D eigenvalue weighted by Gasteiger charge is -2.24. The first-order chi connectivity index (χ1) is 9.88. The van der Waals surface area contributed by atoms with Crippen LogP contribution >= 0.6 is 11.3 Å². The maximum Gasteiger partial charge on any atom is 0.127 e. The Morgan fingerprint density at radius 2 is 1.90 bits per heavy atom. The molecule has 1 atom stereocenters. The van der Waals surface area contributed by atoms with E-state index < -0.39 is 0 Å². The van der Waals surface area contributed by atoms with Crippen molar-refractivity contribution in [3.05, 3.63) is 39.5 Å². The first kappa shape index (κ1) is 15.9. The molecule has 21 heavy (non-hydrogen) atoms. The topological polar surface area (TPSA) is 32.3 Å². The number of rotatable bonds is 5. The van der Waals surface area contributed by atoms with Gasteiger partial charge in [0.15, 0.2) is 0 Å². The number of aromatic nitrogens is 2. The number of thiazole rings is 1. The molecular formula is C16H24N4S. The summed E-state index contributed by atoms with van der Waals surface area (Å²) in [6.45, 7) is 7.30. The van der Waals surface area contributed by atoms with Crippen LogP contribution in [0.25, 0.3) is 0 Å². The molecule has 0 saturated carbocycles. The molecule has 0 spiro atoms. The zero-order chi connectivity index (χ0) is 15.6. The maximum atomic E-state index is 4.66. The number of hydrogen-bond donors (Lipinski definition) is 0. The van der Waals surface area contributed by atoms with Gasteiger partial charge in [0, 0.05) is 31.7 Å². The van der Waals surface area contributed by atoms with Gasteiger partial charge in [-0.25, -0.2) is 9.97 Å². The molecular weight excluding hydrogens is 280 g/mol. The molecule has 2 heterocycles. The summed E-state index contributed by atoms with van der Waals surface area (Å²) in [7, 11) is 6.14. The van der Waals surface area contributed by atoms with Crippen LogP contribution in [0.4, 0.5) is 5.82 Å². The van der Waals surface area contributed by atoms with Crippen molar-refractivity contribution in [1.29, 1.82) is 0 Å². The van der Waals surface area contributed by atoms with Crippen molar-refractivity contribution in [2.24, 2.45) is 0 Å². The van der Waals surface area contributed by atoms with Crippen molar-refractivity contribution in [1.82, 2.24) is 14.9 Å². The lowest BCUT2D eigenvalue weighted by molar-refractivity contribution is 0.248. The number of pyridine rings is 1. The summed E-state index contributed by atoms with van der Waals surface area (Å²) in [5.74, 6) is 0.987. The number of nitrogens with zero attached hydrogens (tertiary/aromatic N) is 4. The van der Waals surface area contributed by atoms with Gasteiger partial charge in [-0.3, -0.25) is 4.90 Å². The van der Waals surface area contributed by atoms with Crippen LogP contribution < -0.4 is 4.90 Å². The molecule has 0 unspecified atom stereocenters. The predicted octanol–water partition coefficient (Wildman–Crippen LogP) is 3.41. The Balaban J connectivity index is 2.06. The van der Waals surface area contributed by atoms with Crippen LogP contribution in [-0.4, -0.2) is 36.0 Å². The van der Waals surface area contributed by atoms with Crippen molar-refractivity contribution >= 4 is 17.2 Å². The van der Waals surface area contributed by atoms with Gasteiger partial charge in [-0.15, -0.1) is 11.3 Å². The molecule has 0 aliphatic heterocycles. The molecule has 2 aromatic heterocycles. The average Bonchev–Trinajstić information content (AvgIpc) is 2.77. The van der Waals surface area contributed by atoms with E-state index in [-0.39, 0.29) is 0 Å². The summed E-state index contributed by atoms with van der Waals surface area (Å²) in [4.78, 5) is 14.8. The zero-order valence-corrected chi connectivity index (χ0v) is 14.5. The number of anilines is 1. The van der Waals surface area contributed by atoms with E-state index in [1.807, 2.05) is 25.2 Å². The highest BCUT2D eigenvalue weighted by atomic mass is 32.1. The van der Waals surface area contributed by atoms with Gasteiger partial charge in [0.2, 0.25) is 0 Å². The fraction of sp³-hybridized carbons (Fsp3) is 0.500. The lowest BCUT2D eigenvalue weighted by atomic mass is 10.1. The third kappa shape index (κ3) is 3.80. The van der Waals surface area contributed by atoms with Crippen molar-refractivity contribution in [2.75, 3.05) is 26.0 Å². The van der Waals surface area contributed by atoms with E-state index in [1.165, 1.54) is 16.1 Å². The lowest BCUT2D eigenvalue weighted by Crippen LogP contribution is -2.23. The maximum absolute atomic E-state index is 4.66. The van der Waals surface area contributed by atoms with Crippen LogP contribution in [0.3, 0.4) is 0 Å². The Kier molecular flexibility index (Phi) is 4.96. The van der Waals surface area contributed by atoms with Crippen LogP contribution in [0.15, 0.2) is 18.3 Å². The first-order valence-electron chi connectivity index (χ1n) is 7.15. The molecule has 0 N–H and O–H groups in total. The molecule has 2 aromatic rings. The molecule has 114 valence electrons. The summed E-state index contributed by atoms with van der Waals surface area (Å²) < 4.78 is 0. The molecule has 2 rings (SSSR count). The molecule has 0 bridgehead atoms. The SMILES string of the molecule is Cc1nc([C@H](C)N(C)Cc2ccc(N(C)C)nc2)c(C)s1. The molecule has 0 aromatic carbocycles. The van der Waals surface area contributed by atoms with E-state index in [1.54, 1.807) is 11.3 Å². The highest BCUT2D eigenvalue weighted by Crippen LogP contribution is 2.26. The minimum atomic E-state index is 0.309. The summed E-state index contributed by atoms with van der Waals surface area (Å²) in [5, 5.41) is 1.14. The Morgan fingerprint density at radius 1 is 1.19 bits per heavy atom. The van der Waals surface area contributed by atoms with Gasteiger partial charge < -0.3 is 4.90 Å². The molecule has 0 aliphatic rings. The Labute approximate surface area is 131 Å². The van der Waals surface area contributed by atoms with Crippen LogP contribution in [0.2, 0.25) is 0 Å². The predicted molar refractivity (Wildman–Crippen MR) is 90.0 cm³/mol. The average molecular weight is 304 g/mol. The van der Waals surface area contributed by atoms with Gasteiger partial charge in [0.05, 0.1) is 16.7 Å².